The predicted molar refractivity (Wildman–Crippen MR) is 129 cm³/mol. The molecule has 0 atom stereocenters. The first-order valence-electron chi connectivity index (χ1n) is 11.8. The van der Waals surface area contributed by atoms with Crippen molar-refractivity contribution in [1.29, 1.82) is 0 Å². The number of hydrogen-bond acceptors (Lipinski definition) is 6. The van der Waals surface area contributed by atoms with Gasteiger partial charge < -0.3 is 15.7 Å². The third-order valence-corrected chi connectivity index (χ3v) is 7.03. The van der Waals surface area contributed by atoms with E-state index in [4.69, 9.17) is 0 Å². The fourth-order valence-electron chi connectivity index (χ4n) is 5.21. The molecule has 3 N–H and O–H groups in total. The van der Waals surface area contributed by atoms with Crippen LogP contribution in [0, 0.1) is 6.92 Å². The van der Waals surface area contributed by atoms with Crippen molar-refractivity contribution in [2.24, 2.45) is 0 Å². The van der Waals surface area contributed by atoms with Crippen LogP contribution in [0.3, 0.4) is 0 Å². The molecule has 2 aliphatic rings. The molecule has 1 amide bonds. The normalized spacial score (nSPS) is 21.5. The number of rotatable bonds is 6. The van der Waals surface area contributed by atoms with Gasteiger partial charge in [-0.25, -0.2) is 4.98 Å². The number of carbonyl (C=O) groups excluding carboxylic acids is 1. The van der Waals surface area contributed by atoms with Gasteiger partial charge in [0.2, 0.25) is 5.91 Å². The topological polar surface area (TPSA) is 90.4 Å². The molecule has 0 unspecified atom stereocenters. The molecule has 0 radical (unpaired) electrons. The fourth-order valence-corrected chi connectivity index (χ4v) is 5.21. The van der Waals surface area contributed by atoms with Gasteiger partial charge >= 0.3 is 0 Å². The standard InChI is InChI=1S/C26H31N5O2/c1-17-4-5-18-10-12-28-26(22(18)13-17)29-14-24(33)30-20-15-31(16-20)21-8-6-19(7-9-21)25-23(32)3-2-11-27-25/h2-5,10-13,19-21,32H,6-9,14-16H2,1H3,(H,28,29)(H,30,33). The van der Waals surface area contributed by atoms with E-state index in [9.17, 15) is 9.90 Å². The maximum absolute atomic E-state index is 12.5. The summed E-state index contributed by atoms with van der Waals surface area (Å²) in [7, 11) is 0. The van der Waals surface area contributed by atoms with Gasteiger partial charge in [0.05, 0.1) is 18.3 Å². The van der Waals surface area contributed by atoms with Crippen molar-refractivity contribution in [3.05, 3.63) is 60.0 Å². The van der Waals surface area contributed by atoms with E-state index in [0.29, 0.717) is 17.7 Å². The van der Waals surface area contributed by atoms with Crippen LogP contribution in [0.2, 0.25) is 0 Å². The molecule has 172 valence electrons. The number of benzene rings is 1. The van der Waals surface area contributed by atoms with Gasteiger partial charge in [-0.05, 0) is 62.3 Å². The first kappa shape index (κ1) is 21.6. The largest absolute Gasteiger partial charge is 0.506 e. The molecule has 1 aromatic carbocycles. The first-order valence-corrected chi connectivity index (χ1v) is 11.8. The summed E-state index contributed by atoms with van der Waals surface area (Å²) in [6, 6.07) is 12.5. The number of amides is 1. The van der Waals surface area contributed by atoms with E-state index in [1.165, 1.54) is 5.56 Å². The molecule has 7 heteroatoms. The van der Waals surface area contributed by atoms with Crippen molar-refractivity contribution < 1.29 is 9.90 Å². The molecule has 0 spiro atoms. The molecule has 5 rings (SSSR count). The number of pyridine rings is 2. The summed E-state index contributed by atoms with van der Waals surface area (Å²) in [6.45, 7) is 4.08. The molecule has 1 saturated carbocycles. The number of aryl methyl sites for hydroxylation is 1. The van der Waals surface area contributed by atoms with Crippen molar-refractivity contribution in [3.8, 4) is 5.75 Å². The Balaban J connectivity index is 1.06. The lowest BCUT2D eigenvalue weighted by Gasteiger charge is -2.46. The maximum Gasteiger partial charge on any atom is 0.239 e. The van der Waals surface area contributed by atoms with E-state index >= 15 is 0 Å². The van der Waals surface area contributed by atoms with Gasteiger partial charge in [-0.1, -0.05) is 17.7 Å². The van der Waals surface area contributed by atoms with Crippen molar-refractivity contribution >= 4 is 22.5 Å². The Kier molecular flexibility index (Phi) is 6.13. The number of aromatic nitrogens is 2. The average molecular weight is 446 g/mol. The van der Waals surface area contributed by atoms with Crippen LogP contribution in [-0.4, -0.2) is 57.6 Å². The monoisotopic (exact) mass is 445 g/mol. The summed E-state index contributed by atoms with van der Waals surface area (Å²) in [6.07, 6.45) is 7.83. The van der Waals surface area contributed by atoms with Gasteiger partial charge in [0.15, 0.2) is 0 Å². The van der Waals surface area contributed by atoms with Gasteiger partial charge in [-0.15, -0.1) is 0 Å². The third kappa shape index (κ3) is 4.78. The van der Waals surface area contributed by atoms with Gasteiger partial charge in [-0.3, -0.25) is 14.7 Å². The summed E-state index contributed by atoms with van der Waals surface area (Å²) in [5, 5.41) is 18.6. The van der Waals surface area contributed by atoms with Crippen LogP contribution in [0.5, 0.6) is 5.75 Å². The minimum atomic E-state index is 0.000409. The van der Waals surface area contributed by atoms with Crippen LogP contribution in [0.15, 0.2) is 48.8 Å². The number of likely N-dealkylation sites (tertiary alicyclic amines) is 1. The van der Waals surface area contributed by atoms with Crippen LogP contribution < -0.4 is 10.6 Å². The molecule has 1 aliphatic heterocycles. The van der Waals surface area contributed by atoms with Crippen molar-refractivity contribution in [2.75, 3.05) is 25.0 Å². The fraction of sp³-hybridized carbons (Fsp3) is 0.423. The highest BCUT2D eigenvalue weighted by molar-refractivity contribution is 5.93. The van der Waals surface area contributed by atoms with Crippen LogP contribution in [0.4, 0.5) is 5.82 Å². The van der Waals surface area contributed by atoms with E-state index in [-0.39, 0.29) is 18.5 Å². The van der Waals surface area contributed by atoms with E-state index in [1.807, 2.05) is 6.07 Å². The molecule has 3 aromatic rings. The zero-order chi connectivity index (χ0) is 22.8. The Hall–Kier alpha value is -3.19. The summed E-state index contributed by atoms with van der Waals surface area (Å²) in [5.74, 6) is 1.41. The van der Waals surface area contributed by atoms with Crippen molar-refractivity contribution in [2.45, 2.75) is 50.6 Å². The Labute approximate surface area is 194 Å². The molecule has 33 heavy (non-hydrogen) atoms. The molecule has 2 aromatic heterocycles. The van der Waals surface area contributed by atoms with E-state index in [0.717, 1.165) is 61.1 Å². The van der Waals surface area contributed by atoms with E-state index in [2.05, 4.69) is 50.6 Å². The first-order chi connectivity index (χ1) is 16.1. The van der Waals surface area contributed by atoms with Crippen molar-refractivity contribution in [1.82, 2.24) is 20.2 Å². The molecule has 1 aliphatic carbocycles. The van der Waals surface area contributed by atoms with E-state index < -0.39 is 0 Å². The molecular weight excluding hydrogens is 414 g/mol. The lowest BCUT2D eigenvalue weighted by atomic mass is 9.82. The summed E-state index contributed by atoms with van der Waals surface area (Å²) in [5.41, 5.74) is 2.01. The molecule has 7 nitrogen and oxygen atoms in total. The van der Waals surface area contributed by atoms with Crippen LogP contribution in [0.1, 0.15) is 42.9 Å². The Morgan fingerprint density at radius 1 is 1.09 bits per heavy atom. The average Bonchev–Trinajstić information content (AvgIpc) is 2.80. The van der Waals surface area contributed by atoms with Gasteiger partial charge in [-0.2, -0.15) is 0 Å². The number of carbonyl (C=O) groups is 1. The van der Waals surface area contributed by atoms with Crippen LogP contribution in [0.25, 0.3) is 10.8 Å². The SMILES string of the molecule is Cc1ccc2ccnc(NCC(=O)NC3CN(C4CCC(c5ncccc5O)CC4)C3)c2c1. The second kappa shape index (κ2) is 9.35. The minimum absolute atomic E-state index is 0.000409. The highest BCUT2D eigenvalue weighted by Crippen LogP contribution is 2.38. The van der Waals surface area contributed by atoms with Crippen LogP contribution in [-0.2, 0) is 4.79 Å². The van der Waals surface area contributed by atoms with Crippen LogP contribution >= 0.6 is 0 Å². The number of hydrogen-bond donors (Lipinski definition) is 3. The number of nitrogens with zero attached hydrogens (tertiary/aromatic N) is 3. The Bertz CT molecular complexity index is 1140. The second-order valence-corrected chi connectivity index (χ2v) is 9.37. The number of nitrogens with one attached hydrogen (secondary N) is 2. The summed E-state index contributed by atoms with van der Waals surface area (Å²) < 4.78 is 0. The molecule has 2 fully saturated rings. The maximum atomic E-state index is 12.5. The van der Waals surface area contributed by atoms with Crippen molar-refractivity contribution in [3.63, 3.8) is 0 Å². The molecular formula is C26H31N5O2. The Morgan fingerprint density at radius 2 is 1.91 bits per heavy atom. The summed E-state index contributed by atoms with van der Waals surface area (Å²) >= 11 is 0. The Morgan fingerprint density at radius 3 is 2.70 bits per heavy atom. The second-order valence-electron chi connectivity index (χ2n) is 9.37. The van der Waals surface area contributed by atoms with E-state index in [1.54, 1.807) is 24.5 Å². The lowest BCUT2D eigenvalue weighted by molar-refractivity contribution is -0.121. The number of anilines is 1. The lowest BCUT2D eigenvalue weighted by Crippen LogP contribution is -2.63. The predicted octanol–water partition coefficient (Wildman–Crippen LogP) is 3.58. The minimum Gasteiger partial charge on any atom is -0.506 e. The third-order valence-electron chi connectivity index (χ3n) is 7.03. The molecule has 0 bridgehead atoms. The smallest absolute Gasteiger partial charge is 0.239 e. The molecule has 1 saturated heterocycles. The quantitative estimate of drug-likeness (QED) is 0.537. The molecule has 3 heterocycles. The van der Waals surface area contributed by atoms with Gasteiger partial charge in [0.25, 0.3) is 0 Å². The summed E-state index contributed by atoms with van der Waals surface area (Å²) in [4.78, 5) is 23.8. The number of fused-ring (bicyclic) bond motifs is 1. The van der Waals surface area contributed by atoms with Gasteiger partial charge in [0, 0.05) is 42.8 Å². The zero-order valence-electron chi connectivity index (χ0n) is 19.0. The highest BCUT2D eigenvalue weighted by atomic mass is 16.3. The highest BCUT2D eigenvalue weighted by Gasteiger charge is 2.36. The number of aromatic hydroxyl groups is 1. The van der Waals surface area contributed by atoms with Gasteiger partial charge in [0.1, 0.15) is 11.6 Å². The zero-order valence-corrected chi connectivity index (χ0v) is 19.0.